The summed E-state index contributed by atoms with van der Waals surface area (Å²) in [6.45, 7) is 7.74. The van der Waals surface area contributed by atoms with Gasteiger partial charge >= 0.3 is 5.76 Å². The van der Waals surface area contributed by atoms with Gasteiger partial charge in [-0.1, -0.05) is 18.2 Å². The van der Waals surface area contributed by atoms with Crippen molar-refractivity contribution in [3.8, 4) is 0 Å². The van der Waals surface area contributed by atoms with Crippen molar-refractivity contribution in [1.29, 1.82) is 0 Å². The van der Waals surface area contributed by atoms with Gasteiger partial charge in [0.05, 0.1) is 17.7 Å². The van der Waals surface area contributed by atoms with E-state index in [1.165, 1.54) is 4.57 Å². The maximum absolute atomic E-state index is 12.6. The second-order valence-electron chi connectivity index (χ2n) is 7.79. The lowest BCUT2D eigenvalue weighted by Crippen LogP contribution is -2.45. The molecule has 0 radical (unpaired) electrons. The molecule has 158 valence electrons. The van der Waals surface area contributed by atoms with E-state index in [0.29, 0.717) is 17.6 Å². The van der Waals surface area contributed by atoms with Crippen LogP contribution in [0.1, 0.15) is 32.4 Å². The molecular formula is C22H26N4O4. The van der Waals surface area contributed by atoms with E-state index in [1.807, 2.05) is 18.2 Å². The smallest absolute Gasteiger partial charge is 0.408 e. The van der Waals surface area contributed by atoms with Gasteiger partial charge in [-0.15, -0.1) is 0 Å². The molecule has 3 aromatic rings. The van der Waals surface area contributed by atoms with Gasteiger partial charge in [0.2, 0.25) is 5.91 Å². The first-order valence-corrected chi connectivity index (χ1v) is 10.2. The molecule has 0 saturated carbocycles. The van der Waals surface area contributed by atoms with E-state index in [2.05, 4.69) is 29.0 Å². The van der Waals surface area contributed by atoms with E-state index in [1.54, 1.807) is 31.3 Å². The summed E-state index contributed by atoms with van der Waals surface area (Å²) in [6, 6.07) is 10.3. The fourth-order valence-electron chi connectivity index (χ4n) is 3.88. The molecule has 8 heteroatoms. The highest BCUT2D eigenvalue weighted by Gasteiger charge is 2.23. The number of amides is 1. The molecule has 1 saturated heterocycles. The topological polar surface area (TPSA) is 89.6 Å². The van der Waals surface area contributed by atoms with Crippen LogP contribution in [0.5, 0.6) is 0 Å². The standard InChI is InChI=1S/C22H26N4O4/c1-14-12-25(13-15(2)29-14)20-9-8-17(10-23-20)11-24-21(27)16(3)26-18-6-4-5-7-19(18)30-22(26)28/h4-10,14-16H,11-13H2,1-3H3,(H,24,27). The zero-order valence-corrected chi connectivity index (χ0v) is 17.4. The second kappa shape index (κ2) is 8.31. The molecule has 2 aromatic heterocycles. The second-order valence-corrected chi connectivity index (χ2v) is 7.79. The van der Waals surface area contributed by atoms with E-state index in [9.17, 15) is 9.59 Å². The highest BCUT2D eigenvalue weighted by Crippen LogP contribution is 2.19. The van der Waals surface area contributed by atoms with Crippen molar-refractivity contribution < 1.29 is 13.9 Å². The summed E-state index contributed by atoms with van der Waals surface area (Å²) >= 11 is 0. The number of nitrogens with zero attached hydrogens (tertiary/aromatic N) is 3. The van der Waals surface area contributed by atoms with Crippen LogP contribution in [0.4, 0.5) is 5.82 Å². The first kappa shape index (κ1) is 20.2. The van der Waals surface area contributed by atoms with Gasteiger partial charge in [-0.05, 0) is 44.5 Å². The van der Waals surface area contributed by atoms with E-state index < -0.39 is 11.8 Å². The van der Waals surface area contributed by atoms with Crippen molar-refractivity contribution in [2.45, 2.75) is 45.6 Å². The fourth-order valence-corrected chi connectivity index (χ4v) is 3.88. The molecule has 3 heterocycles. The van der Waals surface area contributed by atoms with E-state index in [-0.39, 0.29) is 18.1 Å². The molecule has 1 N–H and O–H groups in total. The number of para-hydroxylation sites is 2. The summed E-state index contributed by atoms with van der Waals surface area (Å²) in [5, 5.41) is 2.88. The molecule has 4 rings (SSSR count). The largest absolute Gasteiger partial charge is 0.420 e. The van der Waals surface area contributed by atoms with E-state index >= 15 is 0 Å². The Hall–Kier alpha value is -3.13. The molecule has 1 fully saturated rings. The lowest BCUT2D eigenvalue weighted by Gasteiger charge is -2.36. The lowest BCUT2D eigenvalue weighted by atomic mass is 10.2. The Morgan fingerprint density at radius 2 is 1.93 bits per heavy atom. The van der Waals surface area contributed by atoms with Gasteiger partial charge < -0.3 is 19.4 Å². The minimum Gasteiger partial charge on any atom is -0.408 e. The van der Waals surface area contributed by atoms with Gasteiger partial charge in [-0.25, -0.2) is 9.78 Å². The van der Waals surface area contributed by atoms with Gasteiger partial charge in [0.1, 0.15) is 11.9 Å². The van der Waals surface area contributed by atoms with Crippen LogP contribution in [0.25, 0.3) is 11.1 Å². The molecule has 0 spiro atoms. The molecule has 0 bridgehead atoms. The van der Waals surface area contributed by atoms with Crippen LogP contribution in [0.3, 0.4) is 0 Å². The number of aromatic nitrogens is 2. The van der Waals surface area contributed by atoms with Crippen molar-refractivity contribution in [2.75, 3.05) is 18.0 Å². The van der Waals surface area contributed by atoms with Crippen molar-refractivity contribution in [2.24, 2.45) is 0 Å². The summed E-state index contributed by atoms with van der Waals surface area (Å²) in [5.74, 6) is 0.0965. The quantitative estimate of drug-likeness (QED) is 0.695. The molecule has 1 aliphatic heterocycles. The number of oxazole rings is 1. The van der Waals surface area contributed by atoms with E-state index in [4.69, 9.17) is 9.15 Å². The van der Waals surface area contributed by atoms with Crippen molar-refractivity contribution in [3.63, 3.8) is 0 Å². The van der Waals surface area contributed by atoms with Crippen LogP contribution in [0.2, 0.25) is 0 Å². The van der Waals surface area contributed by atoms with Crippen molar-refractivity contribution in [1.82, 2.24) is 14.9 Å². The van der Waals surface area contributed by atoms with Gasteiger partial charge in [0, 0.05) is 25.8 Å². The van der Waals surface area contributed by atoms with Crippen LogP contribution in [-0.2, 0) is 16.1 Å². The number of hydrogen-bond acceptors (Lipinski definition) is 6. The molecule has 1 aliphatic rings. The maximum atomic E-state index is 12.6. The first-order chi connectivity index (χ1) is 14.4. The Balaban J connectivity index is 1.40. The minimum absolute atomic E-state index is 0.165. The SMILES string of the molecule is CC1CN(c2ccc(CNC(=O)C(C)n3c(=O)oc4ccccc43)cn2)CC(C)O1. The highest BCUT2D eigenvalue weighted by molar-refractivity contribution is 5.82. The molecule has 3 unspecified atom stereocenters. The number of fused-ring (bicyclic) bond motifs is 1. The number of ether oxygens (including phenoxy) is 1. The molecule has 8 nitrogen and oxygen atoms in total. The number of nitrogens with one attached hydrogen (secondary N) is 1. The molecule has 1 amide bonds. The Morgan fingerprint density at radius 3 is 2.63 bits per heavy atom. The predicted molar refractivity (Wildman–Crippen MR) is 113 cm³/mol. The fraction of sp³-hybridized carbons (Fsp3) is 0.409. The number of pyridine rings is 1. The molecule has 3 atom stereocenters. The molecule has 0 aliphatic carbocycles. The van der Waals surface area contributed by atoms with Crippen LogP contribution in [-0.4, -0.2) is 40.8 Å². The molecular weight excluding hydrogens is 384 g/mol. The normalized spacial score (nSPS) is 20.3. The number of carbonyl (C=O) groups excluding carboxylic acids is 1. The van der Waals surface area contributed by atoms with Crippen LogP contribution >= 0.6 is 0 Å². The third-order valence-electron chi connectivity index (χ3n) is 5.30. The number of morpholine rings is 1. The monoisotopic (exact) mass is 410 g/mol. The van der Waals surface area contributed by atoms with Gasteiger partial charge in [0.15, 0.2) is 5.58 Å². The maximum Gasteiger partial charge on any atom is 0.420 e. The molecule has 1 aromatic carbocycles. The van der Waals surface area contributed by atoms with Crippen molar-refractivity contribution in [3.05, 3.63) is 58.7 Å². The third kappa shape index (κ3) is 4.09. The summed E-state index contributed by atoms with van der Waals surface area (Å²) in [6.07, 6.45) is 2.10. The average Bonchev–Trinajstić information content (AvgIpc) is 3.06. The van der Waals surface area contributed by atoms with Crippen LogP contribution in [0, 0.1) is 0 Å². The van der Waals surface area contributed by atoms with Crippen molar-refractivity contribution >= 4 is 22.8 Å². The van der Waals surface area contributed by atoms with Gasteiger partial charge in [-0.3, -0.25) is 9.36 Å². The first-order valence-electron chi connectivity index (χ1n) is 10.2. The number of anilines is 1. The summed E-state index contributed by atoms with van der Waals surface area (Å²) in [4.78, 5) is 31.6. The van der Waals surface area contributed by atoms with Gasteiger partial charge in [0.25, 0.3) is 0 Å². The Kier molecular flexibility index (Phi) is 5.59. The van der Waals surface area contributed by atoms with E-state index in [0.717, 1.165) is 24.5 Å². The van der Waals surface area contributed by atoms with Crippen LogP contribution in [0.15, 0.2) is 51.8 Å². The number of carbonyl (C=O) groups is 1. The number of benzene rings is 1. The van der Waals surface area contributed by atoms with Crippen LogP contribution < -0.4 is 16.0 Å². The lowest BCUT2D eigenvalue weighted by molar-refractivity contribution is -0.124. The Bertz CT molecular complexity index is 1080. The number of rotatable bonds is 5. The zero-order chi connectivity index (χ0) is 21.3. The Labute approximate surface area is 174 Å². The highest BCUT2D eigenvalue weighted by atomic mass is 16.5. The number of hydrogen-bond donors (Lipinski definition) is 1. The molecule has 30 heavy (non-hydrogen) atoms. The zero-order valence-electron chi connectivity index (χ0n) is 17.4. The third-order valence-corrected chi connectivity index (χ3v) is 5.30. The summed E-state index contributed by atoms with van der Waals surface area (Å²) in [5.41, 5.74) is 1.96. The Morgan fingerprint density at radius 1 is 1.20 bits per heavy atom. The summed E-state index contributed by atoms with van der Waals surface area (Å²) in [7, 11) is 0. The average molecular weight is 410 g/mol. The minimum atomic E-state index is -0.690. The van der Waals surface area contributed by atoms with Gasteiger partial charge in [-0.2, -0.15) is 0 Å². The summed E-state index contributed by atoms with van der Waals surface area (Å²) < 4.78 is 12.4. The predicted octanol–water partition coefficient (Wildman–Crippen LogP) is 2.48.